The largest absolute Gasteiger partial charge is 0.481 e. The second-order valence-electron chi connectivity index (χ2n) is 5.50. The van der Waals surface area contributed by atoms with Crippen LogP contribution in [0.4, 0.5) is 4.39 Å². The van der Waals surface area contributed by atoms with Gasteiger partial charge in [0.25, 0.3) is 11.8 Å². The summed E-state index contributed by atoms with van der Waals surface area (Å²) in [6.45, 7) is 2.91. The molecule has 0 saturated carbocycles. The van der Waals surface area contributed by atoms with Crippen molar-refractivity contribution >= 4 is 35.0 Å². The minimum absolute atomic E-state index is 0.0669. The van der Waals surface area contributed by atoms with E-state index in [1.807, 2.05) is 0 Å². The van der Waals surface area contributed by atoms with E-state index < -0.39 is 29.8 Å². The summed E-state index contributed by atoms with van der Waals surface area (Å²) in [5, 5.41) is 0.645. The third-order valence-electron chi connectivity index (χ3n) is 3.39. The number of hydrogen-bond acceptors (Lipinski definition) is 4. The van der Waals surface area contributed by atoms with Gasteiger partial charge in [-0.15, -0.1) is 0 Å². The Morgan fingerprint density at radius 3 is 2.11 bits per heavy atom. The van der Waals surface area contributed by atoms with Gasteiger partial charge in [-0.2, -0.15) is 0 Å². The average Bonchev–Trinajstić information content (AvgIpc) is 2.64. The molecule has 2 aromatic rings. The van der Waals surface area contributed by atoms with Gasteiger partial charge in [-0.3, -0.25) is 20.4 Å². The molecule has 0 aliphatic carbocycles. The van der Waals surface area contributed by atoms with Gasteiger partial charge in [0.2, 0.25) is 0 Å². The van der Waals surface area contributed by atoms with Crippen LogP contribution in [-0.4, -0.2) is 24.0 Å². The molecule has 0 fully saturated rings. The fourth-order valence-corrected chi connectivity index (χ4v) is 2.21. The lowest BCUT2D eigenvalue weighted by atomic mass is 10.3. The third kappa shape index (κ3) is 6.01. The Balaban J connectivity index is 1.83. The number of nitrogens with one attached hydrogen (secondary N) is 2. The first-order valence-corrected chi connectivity index (χ1v) is 8.66. The van der Waals surface area contributed by atoms with Crippen LogP contribution < -0.4 is 20.3 Å². The molecular formula is C18H17Cl2FN2O4. The predicted molar refractivity (Wildman–Crippen MR) is 99.3 cm³/mol. The molecule has 2 amide bonds. The average molecular weight is 415 g/mol. The van der Waals surface area contributed by atoms with Gasteiger partial charge in [0.1, 0.15) is 5.75 Å². The molecular weight excluding hydrogens is 398 g/mol. The number of halogens is 3. The van der Waals surface area contributed by atoms with E-state index in [4.69, 9.17) is 32.7 Å². The zero-order valence-electron chi connectivity index (χ0n) is 14.5. The highest BCUT2D eigenvalue weighted by Crippen LogP contribution is 2.26. The molecule has 2 aromatic carbocycles. The lowest BCUT2D eigenvalue weighted by molar-refractivity contribution is -0.135. The summed E-state index contributed by atoms with van der Waals surface area (Å²) in [7, 11) is 0. The maximum absolute atomic E-state index is 13.5. The smallest absolute Gasteiger partial charge is 0.279 e. The van der Waals surface area contributed by atoms with Crippen LogP contribution in [0.25, 0.3) is 0 Å². The highest BCUT2D eigenvalue weighted by molar-refractivity contribution is 6.42. The van der Waals surface area contributed by atoms with Gasteiger partial charge in [0, 0.05) is 6.07 Å². The molecule has 0 saturated heterocycles. The van der Waals surface area contributed by atoms with Crippen molar-refractivity contribution in [3.63, 3.8) is 0 Å². The van der Waals surface area contributed by atoms with Crippen molar-refractivity contribution in [3.05, 3.63) is 58.3 Å². The lowest BCUT2D eigenvalue weighted by Crippen LogP contribution is -2.50. The third-order valence-corrected chi connectivity index (χ3v) is 4.13. The fraction of sp³-hybridized carbons (Fsp3) is 0.222. The van der Waals surface area contributed by atoms with Crippen LogP contribution in [0, 0.1) is 5.82 Å². The Bertz CT molecular complexity index is 835. The maximum atomic E-state index is 13.5. The summed E-state index contributed by atoms with van der Waals surface area (Å²) in [6.07, 6.45) is -1.96. The maximum Gasteiger partial charge on any atom is 0.279 e. The number of carbonyl (C=O) groups excluding carboxylic acids is 2. The first kappa shape index (κ1) is 20.8. The molecule has 6 nitrogen and oxygen atoms in total. The SMILES string of the molecule is CC(Oc1ccc(Cl)c(Cl)c1)C(=O)NNC(=O)C(C)Oc1ccccc1F. The van der Waals surface area contributed by atoms with Crippen LogP contribution in [0.1, 0.15) is 13.8 Å². The molecule has 2 unspecified atom stereocenters. The van der Waals surface area contributed by atoms with E-state index in [1.54, 1.807) is 12.1 Å². The first-order valence-electron chi connectivity index (χ1n) is 7.90. The second kappa shape index (κ2) is 9.43. The van der Waals surface area contributed by atoms with Crippen molar-refractivity contribution in [2.75, 3.05) is 0 Å². The van der Waals surface area contributed by atoms with Gasteiger partial charge >= 0.3 is 0 Å². The summed E-state index contributed by atoms with van der Waals surface area (Å²) < 4.78 is 24.2. The Hall–Kier alpha value is -2.51. The molecule has 0 aliphatic heterocycles. The molecule has 0 spiro atoms. The minimum Gasteiger partial charge on any atom is -0.481 e. The summed E-state index contributed by atoms with van der Waals surface area (Å²) in [4.78, 5) is 24.0. The van der Waals surface area contributed by atoms with E-state index in [1.165, 1.54) is 44.2 Å². The zero-order chi connectivity index (χ0) is 20.0. The number of benzene rings is 2. The van der Waals surface area contributed by atoms with Gasteiger partial charge in [0.15, 0.2) is 23.8 Å². The Kier molecular flexibility index (Phi) is 7.27. The molecule has 9 heteroatoms. The van der Waals surface area contributed by atoms with Crippen LogP contribution >= 0.6 is 23.2 Å². The minimum atomic E-state index is -1.03. The summed E-state index contributed by atoms with van der Waals surface area (Å²) >= 11 is 11.7. The Morgan fingerprint density at radius 1 is 0.926 bits per heavy atom. The molecule has 0 bridgehead atoms. The highest BCUT2D eigenvalue weighted by atomic mass is 35.5. The molecule has 0 radical (unpaired) electrons. The van der Waals surface area contributed by atoms with E-state index in [9.17, 15) is 14.0 Å². The molecule has 2 atom stereocenters. The van der Waals surface area contributed by atoms with Crippen molar-refractivity contribution in [1.82, 2.24) is 10.9 Å². The van der Waals surface area contributed by atoms with Crippen molar-refractivity contribution in [2.45, 2.75) is 26.1 Å². The van der Waals surface area contributed by atoms with Crippen LogP contribution in [0.5, 0.6) is 11.5 Å². The van der Waals surface area contributed by atoms with Gasteiger partial charge in [-0.1, -0.05) is 35.3 Å². The van der Waals surface area contributed by atoms with Gasteiger partial charge in [-0.05, 0) is 38.1 Å². The molecule has 0 aromatic heterocycles. The van der Waals surface area contributed by atoms with Crippen molar-refractivity contribution in [1.29, 1.82) is 0 Å². The zero-order valence-corrected chi connectivity index (χ0v) is 16.0. The van der Waals surface area contributed by atoms with Gasteiger partial charge < -0.3 is 9.47 Å². The highest BCUT2D eigenvalue weighted by Gasteiger charge is 2.20. The predicted octanol–water partition coefficient (Wildman–Crippen LogP) is 3.51. The van der Waals surface area contributed by atoms with Crippen LogP contribution in [0.2, 0.25) is 10.0 Å². The number of hydrogen-bond donors (Lipinski definition) is 2. The van der Waals surface area contributed by atoms with E-state index in [0.717, 1.165) is 0 Å². The van der Waals surface area contributed by atoms with E-state index >= 15 is 0 Å². The standard InChI is InChI=1S/C18H17Cl2FN2O4/c1-10(26-12-7-8-13(19)14(20)9-12)17(24)22-23-18(25)11(2)27-16-6-4-3-5-15(16)21/h3-11H,1-2H3,(H,22,24)(H,23,25). The van der Waals surface area contributed by atoms with E-state index in [-0.39, 0.29) is 10.8 Å². The van der Waals surface area contributed by atoms with Crippen LogP contribution in [0.3, 0.4) is 0 Å². The summed E-state index contributed by atoms with van der Waals surface area (Å²) in [6, 6.07) is 10.2. The molecule has 0 aliphatic rings. The Labute approximate surface area is 165 Å². The second-order valence-corrected chi connectivity index (χ2v) is 6.32. The van der Waals surface area contributed by atoms with Crippen molar-refractivity contribution < 1.29 is 23.5 Å². The topological polar surface area (TPSA) is 76.7 Å². The van der Waals surface area contributed by atoms with Crippen LogP contribution in [0.15, 0.2) is 42.5 Å². The van der Waals surface area contributed by atoms with Crippen molar-refractivity contribution in [3.8, 4) is 11.5 Å². The number of amides is 2. The van der Waals surface area contributed by atoms with Crippen LogP contribution in [-0.2, 0) is 9.59 Å². The molecule has 2 rings (SSSR count). The van der Waals surface area contributed by atoms with E-state index in [0.29, 0.717) is 10.8 Å². The van der Waals surface area contributed by atoms with Crippen molar-refractivity contribution in [2.24, 2.45) is 0 Å². The molecule has 2 N–H and O–H groups in total. The number of carbonyl (C=O) groups is 2. The summed E-state index contributed by atoms with van der Waals surface area (Å²) in [5.74, 6) is -1.58. The lowest BCUT2D eigenvalue weighted by Gasteiger charge is -2.18. The first-order chi connectivity index (χ1) is 12.8. The molecule has 27 heavy (non-hydrogen) atoms. The quantitative estimate of drug-likeness (QED) is 0.708. The number of para-hydroxylation sites is 1. The summed E-state index contributed by atoms with van der Waals surface area (Å²) in [5.41, 5.74) is 4.41. The molecule has 144 valence electrons. The normalized spacial score (nSPS) is 12.6. The van der Waals surface area contributed by atoms with Gasteiger partial charge in [-0.25, -0.2) is 4.39 Å². The van der Waals surface area contributed by atoms with E-state index in [2.05, 4.69) is 10.9 Å². The van der Waals surface area contributed by atoms with Gasteiger partial charge in [0.05, 0.1) is 10.0 Å². The number of ether oxygens (including phenoxy) is 2. The fourth-order valence-electron chi connectivity index (χ4n) is 1.92. The number of rotatable bonds is 6. The Morgan fingerprint density at radius 2 is 1.52 bits per heavy atom. The molecule has 0 heterocycles. The monoisotopic (exact) mass is 414 g/mol. The number of hydrazine groups is 1.